The molecule has 0 radical (unpaired) electrons. The summed E-state index contributed by atoms with van der Waals surface area (Å²) in [6, 6.07) is 17.1. The summed E-state index contributed by atoms with van der Waals surface area (Å²) in [7, 11) is 0. The maximum absolute atomic E-state index is 12.9. The van der Waals surface area contributed by atoms with Crippen LogP contribution in [0.2, 0.25) is 0 Å². The van der Waals surface area contributed by atoms with Crippen molar-refractivity contribution in [2.24, 2.45) is 0 Å². The molecule has 0 bridgehead atoms. The second kappa shape index (κ2) is 9.59. The molecule has 8 heteroatoms. The van der Waals surface area contributed by atoms with Gasteiger partial charge in [0.15, 0.2) is 0 Å². The van der Waals surface area contributed by atoms with Gasteiger partial charge in [-0.15, -0.1) is 0 Å². The topological polar surface area (TPSA) is 55.8 Å². The Morgan fingerprint density at radius 1 is 1.00 bits per heavy atom. The van der Waals surface area contributed by atoms with E-state index < -0.39 is 11.7 Å². The van der Waals surface area contributed by atoms with Gasteiger partial charge in [-0.2, -0.15) is 13.2 Å². The summed E-state index contributed by atoms with van der Waals surface area (Å²) in [5.41, 5.74) is 2.40. The Morgan fingerprint density at radius 3 is 2.41 bits per heavy atom. The fraction of sp³-hybridized carbons (Fsp3) is 0.231. The first kappa shape index (κ1) is 23.4. The molecule has 3 aromatic carbocycles. The van der Waals surface area contributed by atoms with Gasteiger partial charge in [-0.1, -0.05) is 30.3 Å². The maximum atomic E-state index is 12.9. The number of benzene rings is 3. The number of hydrogen-bond donors (Lipinski definition) is 0. The van der Waals surface area contributed by atoms with Gasteiger partial charge in [0.05, 0.1) is 25.1 Å². The largest absolute Gasteiger partial charge is 0.489 e. The molecule has 0 saturated heterocycles. The lowest BCUT2D eigenvalue weighted by molar-refractivity contribution is -0.142. The third-order valence-corrected chi connectivity index (χ3v) is 5.47. The number of rotatable bonds is 7. The fourth-order valence-corrected chi connectivity index (χ4v) is 3.85. The van der Waals surface area contributed by atoms with Gasteiger partial charge in [-0.25, -0.2) is 0 Å². The van der Waals surface area contributed by atoms with Crippen LogP contribution in [0.3, 0.4) is 0 Å². The summed E-state index contributed by atoms with van der Waals surface area (Å²) in [6.45, 7) is 2.49. The van der Waals surface area contributed by atoms with E-state index in [2.05, 4.69) is 0 Å². The number of alkyl halides is 3. The number of anilines is 1. The lowest BCUT2D eigenvalue weighted by Gasteiger charge is -2.17. The summed E-state index contributed by atoms with van der Waals surface area (Å²) in [4.78, 5) is 26.1. The lowest BCUT2D eigenvalue weighted by Crippen LogP contribution is -2.23. The van der Waals surface area contributed by atoms with Crippen LogP contribution in [0, 0.1) is 0 Å². The Bertz CT molecular complexity index is 1210. The third kappa shape index (κ3) is 5.06. The number of halogens is 3. The van der Waals surface area contributed by atoms with Gasteiger partial charge in [-0.05, 0) is 54.4 Å². The highest BCUT2D eigenvalue weighted by atomic mass is 19.4. The number of carbonyl (C=O) groups is 2. The number of ether oxygens (including phenoxy) is 2. The van der Waals surface area contributed by atoms with Gasteiger partial charge in [0.1, 0.15) is 12.4 Å². The molecule has 34 heavy (non-hydrogen) atoms. The summed E-state index contributed by atoms with van der Waals surface area (Å²) in [6.07, 6.45) is -4.27. The van der Waals surface area contributed by atoms with Crippen LogP contribution in [0.4, 0.5) is 18.9 Å². The molecule has 176 valence electrons. The van der Waals surface area contributed by atoms with Crippen molar-refractivity contribution in [2.75, 3.05) is 11.5 Å². The summed E-state index contributed by atoms with van der Waals surface area (Å²) in [5, 5.41) is 0. The van der Waals surface area contributed by atoms with Crippen LogP contribution in [-0.2, 0) is 35.3 Å². The molecule has 0 aromatic heterocycles. The molecule has 0 atom stereocenters. The molecule has 4 rings (SSSR count). The molecule has 5 nitrogen and oxygen atoms in total. The highest BCUT2D eigenvalue weighted by molar-refractivity contribution is 6.10. The maximum Gasteiger partial charge on any atom is 0.416 e. The standard InChI is InChI=1S/C26H22F3NO4/c1-2-33-24(31)14-17-5-3-6-18(13-17)16-34-23-8-4-7-21-22(23)15-30(25(21)32)20-11-9-19(10-12-20)26(27,28)29/h3-13H,2,14-16H2,1H3. The van der Waals surface area contributed by atoms with Crippen molar-refractivity contribution in [2.45, 2.75) is 32.7 Å². The molecule has 0 N–H and O–H groups in total. The molecule has 0 spiro atoms. The lowest BCUT2D eigenvalue weighted by atomic mass is 10.1. The average molecular weight is 469 g/mol. The number of hydrogen-bond acceptors (Lipinski definition) is 4. The molecule has 0 saturated carbocycles. The Kier molecular flexibility index (Phi) is 6.58. The van der Waals surface area contributed by atoms with Crippen LogP contribution in [0.1, 0.15) is 39.5 Å². The molecule has 1 amide bonds. The van der Waals surface area contributed by atoms with E-state index in [9.17, 15) is 22.8 Å². The number of amides is 1. The van der Waals surface area contributed by atoms with E-state index in [0.717, 1.165) is 23.3 Å². The van der Waals surface area contributed by atoms with E-state index in [1.54, 1.807) is 25.1 Å². The van der Waals surface area contributed by atoms with Gasteiger partial charge in [0.25, 0.3) is 5.91 Å². The number of fused-ring (bicyclic) bond motifs is 1. The molecular formula is C26H22F3NO4. The van der Waals surface area contributed by atoms with Crippen molar-refractivity contribution in [1.82, 2.24) is 0 Å². The fourth-order valence-electron chi connectivity index (χ4n) is 3.85. The molecular weight excluding hydrogens is 447 g/mol. The summed E-state index contributed by atoms with van der Waals surface area (Å²) >= 11 is 0. The third-order valence-electron chi connectivity index (χ3n) is 5.47. The second-order valence-corrected chi connectivity index (χ2v) is 7.81. The Labute approximate surface area is 194 Å². The normalized spacial score (nSPS) is 13.1. The Hall–Kier alpha value is -3.81. The minimum atomic E-state index is -4.44. The number of carbonyl (C=O) groups excluding carboxylic acids is 2. The molecule has 1 aliphatic rings. The Balaban J connectivity index is 1.48. The highest BCUT2D eigenvalue weighted by Crippen LogP contribution is 2.36. The number of nitrogens with zero attached hydrogens (tertiary/aromatic N) is 1. The minimum Gasteiger partial charge on any atom is -0.489 e. The van der Waals surface area contributed by atoms with E-state index >= 15 is 0 Å². The van der Waals surface area contributed by atoms with E-state index in [1.807, 2.05) is 24.3 Å². The SMILES string of the molecule is CCOC(=O)Cc1cccc(COc2cccc3c2CN(c2ccc(C(F)(F)F)cc2)C3=O)c1. The van der Waals surface area contributed by atoms with Crippen molar-refractivity contribution >= 4 is 17.6 Å². The van der Waals surface area contributed by atoms with Crippen molar-refractivity contribution in [1.29, 1.82) is 0 Å². The predicted molar refractivity (Wildman–Crippen MR) is 120 cm³/mol. The zero-order chi connectivity index (χ0) is 24.3. The van der Waals surface area contributed by atoms with Gasteiger partial charge in [-0.3, -0.25) is 9.59 Å². The number of esters is 1. The van der Waals surface area contributed by atoms with Crippen molar-refractivity contribution in [3.8, 4) is 5.75 Å². The van der Waals surface area contributed by atoms with Crippen LogP contribution < -0.4 is 9.64 Å². The minimum absolute atomic E-state index is 0.166. The van der Waals surface area contributed by atoms with Gasteiger partial charge in [0.2, 0.25) is 0 Å². The first-order valence-corrected chi connectivity index (χ1v) is 10.7. The zero-order valence-electron chi connectivity index (χ0n) is 18.4. The van der Waals surface area contributed by atoms with Crippen molar-refractivity contribution in [3.05, 3.63) is 94.5 Å². The summed E-state index contributed by atoms with van der Waals surface area (Å²) in [5.74, 6) is -0.0731. The van der Waals surface area contributed by atoms with E-state index in [0.29, 0.717) is 29.2 Å². The molecule has 3 aromatic rings. The highest BCUT2D eigenvalue weighted by Gasteiger charge is 2.33. The van der Waals surface area contributed by atoms with Gasteiger partial charge >= 0.3 is 12.1 Å². The zero-order valence-corrected chi connectivity index (χ0v) is 18.4. The van der Waals surface area contributed by atoms with Crippen molar-refractivity contribution < 1.29 is 32.2 Å². The van der Waals surface area contributed by atoms with Crippen LogP contribution in [-0.4, -0.2) is 18.5 Å². The molecule has 0 unspecified atom stereocenters. The van der Waals surface area contributed by atoms with Crippen LogP contribution in [0.15, 0.2) is 66.7 Å². The van der Waals surface area contributed by atoms with Crippen LogP contribution >= 0.6 is 0 Å². The van der Waals surface area contributed by atoms with E-state index in [4.69, 9.17) is 9.47 Å². The molecule has 0 aliphatic carbocycles. The van der Waals surface area contributed by atoms with Gasteiger partial charge in [0, 0.05) is 16.8 Å². The van der Waals surface area contributed by atoms with E-state index in [-0.39, 0.29) is 31.4 Å². The van der Waals surface area contributed by atoms with Gasteiger partial charge < -0.3 is 14.4 Å². The predicted octanol–water partition coefficient (Wildman–Crippen LogP) is 5.55. The Morgan fingerprint density at radius 2 is 1.71 bits per heavy atom. The van der Waals surface area contributed by atoms with Crippen molar-refractivity contribution in [3.63, 3.8) is 0 Å². The smallest absolute Gasteiger partial charge is 0.416 e. The first-order chi connectivity index (χ1) is 16.3. The second-order valence-electron chi connectivity index (χ2n) is 7.81. The van der Waals surface area contributed by atoms with Crippen LogP contribution in [0.25, 0.3) is 0 Å². The molecule has 0 fully saturated rings. The average Bonchev–Trinajstić information content (AvgIpc) is 3.15. The molecule has 1 heterocycles. The first-order valence-electron chi connectivity index (χ1n) is 10.7. The molecule has 1 aliphatic heterocycles. The monoisotopic (exact) mass is 469 g/mol. The van der Waals surface area contributed by atoms with E-state index in [1.165, 1.54) is 17.0 Å². The summed E-state index contributed by atoms with van der Waals surface area (Å²) < 4.78 is 49.6. The van der Waals surface area contributed by atoms with Crippen LogP contribution in [0.5, 0.6) is 5.75 Å². The quantitative estimate of drug-likeness (QED) is 0.426.